The van der Waals surface area contributed by atoms with E-state index in [4.69, 9.17) is 24.4 Å². The van der Waals surface area contributed by atoms with Gasteiger partial charge in [0, 0.05) is 22.3 Å². The van der Waals surface area contributed by atoms with Crippen molar-refractivity contribution in [2.45, 2.75) is 13.6 Å². The van der Waals surface area contributed by atoms with Crippen LogP contribution in [-0.2, 0) is 0 Å². The number of benzene rings is 6. The van der Waals surface area contributed by atoms with Crippen LogP contribution in [0.2, 0.25) is 13.6 Å². The van der Waals surface area contributed by atoms with Crippen molar-refractivity contribution in [2.75, 3.05) is 0 Å². The van der Waals surface area contributed by atoms with Crippen molar-refractivity contribution in [1.29, 1.82) is 0 Å². The Morgan fingerprint density at radius 1 is 0.491 bits per heavy atom. The molecule has 0 saturated heterocycles. The van der Waals surface area contributed by atoms with Crippen LogP contribution in [0.25, 0.3) is 90.8 Å². The summed E-state index contributed by atoms with van der Waals surface area (Å²) in [4.78, 5) is 19.5. The van der Waals surface area contributed by atoms with Gasteiger partial charge >= 0.3 is 0 Å². The minimum atomic E-state index is 0.543. The van der Waals surface area contributed by atoms with Gasteiger partial charge < -0.3 is 4.42 Å². The first-order chi connectivity index (χ1) is 27.1. The Bertz CT molecular complexity index is 2710. The fourth-order valence-corrected chi connectivity index (χ4v) is 7.03. The molecule has 7 heteroatoms. The van der Waals surface area contributed by atoms with Gasteiger partial charge in [0.15, 0.2) is 23.1 Å². The molecule has 0 bridgehead atoms. The predicted octanol–water partition coefficient (Wildman–Crippen LogP) is 10.7. The fraction of sp³-hybridized carbons (Fsp3) is 0.0417. The van der Waals surface area contributed by atoms with Crippen LogP contribution in [0, 0.1) is 0 Å². The number of nitrogens with zero attached hydrogens (tertiary/aromatic N) is 4. The molecule has 0 spiro atoms. The number of hydrogen-bond acceptors (Lipinski definition) is 5. The molecule has 0 atom stereocenters. The summed E-state index contributed by atoms with van der Waals surface area (Å²) in [7, 11) is 4.37. The van der Waals surface area contributed by atoms with Gasteiger partial charge in [0.1, 0.15) is 20.1 Å². The lowest BCUT2D eigenvalue weighted by molar-refractivity contribution is 0.620. The SMILES string of the molecule is C=C/C=C\c1c(/C=C\C=C)c([B]C)c2cc(-c3cccc(-c4nc5ccc(-c6nc(-c7ccccc7)nc(-c7ccccc7)n6)cc5o4)c3)ccc2c1[B]C. The Balaban J connectivity index is 1.18. The molecule has 8 aromatic rings. The van der Waals surface area contributed by atoms with Crippen molar-refractivity contribution >= 4 is 59.5 Å². The first kappa shape index (κ1) is 35.2. The van der Waals surface area contributed by atoms with Crippen molar-refractivity contribution in [3.8, 4) is 56.7 Å². The molecular weight excluding hydrogens is 670 g/mol. The average molecular weight is 706 g/mol. The summed E-state index contributed by atoms with van der Waals surface area (Å²) in [6.45, 7) is 12.0. The molecule has 0 saturated carbocycles. The highest BCUT2D eigenvalue weighted by molar-refractivity contribution is 6.62. The summed E-state index contributed by atoms with van der Waals surface area (Å²) < 4.78 is 6.45. The average Bonchev–Trinajstić information content (AvgIpc) is 3.69. The van der Waals surface area contributed by atoms with Gasteiger partial charge in [-0.2, -0.15) is 0 Å². The molecule has 0 aliphatic heterocycles. The van der Waals surface area contributed by atoms with E-state index in [1.54, 1.807) is 0 Å². The topological polar surface area (TPSA) is 64.7 Å². The molecule has 5 nitrogen and oxygen atoms in total. The molecule has 55 heavy (non-hydrogen) atoms. The number of rotatable bonds is 11. The summed E-state index contributed by atoms with van der Waals surface area (Å²) in [6.07, 6.45) is 11.9. The molecule has 6 aromatic carbocycles. The van der Waals surface area contributed by atoms with Crippen LogP contribution < -0.4 is 10.9 Å². The van der Waals surface area contributed by atoms with Gasteiger partial charge in [0.25, 0.3) is 0 Å². The van der Waals surface area contributed by atoms with Gasteiger partial charge in [0.05, 0.1) is 0 Å². The number of allylic oxidation sites excluding steroid dienone is 4. The number of hydrogen-bond donors (Lipinski definition) is 0. The zero-order valence-corrected chi connectivity index (χ0v) is 30.8. The van der Waals surface area contributed by atoms with E-state index in [9.17, 15) is 0 Å². The van der Waals surface area contributed by atoms with Crippen LogP contribution in [0.5, 0.6) is 0 Å². The Morgan fingerprint density at radius 2 is 1.02 bits per heavy atom. The van der Waals surface area contributed by atoms with E-state index >= 15 is 0 Å². The zero-order chi connectivity index (χ0) is 37.7. The molecular formula is C48H36B2N4O. The van der Waals surface area contributed by atoms with Crippen molar-refractivity contribution in [2.24, 2.45) is 0 Å². The Labute approximate surface area is 323 Å². The highest BCUT2D eigenvalue weighted by atomic mass is 16.3. The Morgan fingerprint density at radius 3 is 1.62 bits per heavy atom. The summed E-state index contributed by atoms with van der Waals surface area (Å²) in [6, 6.07) is 40.9. The minimum absolute atomic E-state index is 0.543. The number of fused-ring (bicyclic) bond motifs is 2. The van der Waals surface area contributed by atoms with E-state index in [1.807, 2.05) is 109 Å². The molecule has 0 unspecified atom stereocenters. The van der Waals surface area contributed by atoms with Gasteiger partial charge in [-0.25, -0.2) is 19.9 Å². The van der Waals surface area contributed by atoms with Gasteiger partial charge in [0.2, 0.25) is 5.89 Å². The standard InChI is InChI=1S/C48H36B2N4O/c1-5-7-22-37-38(23-8-6-2)44(50-4)40-29-34(24-26-39(40)43(37)49-3)33-20-15-21-36(28-33)48-51-41-27-25-35(30-42(41)55-48)47-53-45(31-16-11-9-12-17-31)52-46(54-47)32-18-13-10-14-19-32/h5-30H,1-2H2,3-4H3/b22-7-,23-8-. The highest BCUT2D eigenvalue weighted by Crippen LogP contribution is 2.33. The largest absolute Gasteiger partial charge is 0.436 e. The van der Waals surface area contributed by atoms with Crippen molar-refractivity contribution in [3.63, 3.8) is 0 Å². The third kappa shape index (κ3) is 7.00. The van der Waals surface area contributed by atoms with E-state index in [0.717, 1.165) is 50.0 Å². The van der Waals surface area contributed by atoms with Crippen molar-refractivity contribution in [3.05, 3.63) is 170 Å². The van der Waals surface area contributed by atoms with Crippen molar-refractivity contribution in [1.82, 2.24) is 19.9 Å². The third-order valence-electron chi connectivity index (χ3n) is 9.63. The van der Waals surface area contributed by atoms with Crippen LogP contribution in [0.4, 0.5) is 0 Å². The molecule has 0 N–H and O–H groups in total. The Hall–Kier alpha value is -6.85. The van der Waals surface area contributed by atoms with E-state index in [0.29, 0.717) is 28.9 Å². The second-order valence-electron chi connectivity index (χ2n) is 13.0. The van der Waals surface area contributed by atoms with Crippen molar-refractivity contribution < 1.29 is 4.42 Å². The van der Waals surface area contributed by atoms with E-state index in [2.05, 4.69) is 89.9 Å². The second kappa shape index (κ2) is 15.6. The first-order valence-electron chi connectivity index (χ1n) is 18.3. The maximum atomic E-state index is 6.45. The van der Waals surface area contributed by atoms with E-state index in [1.165, 1.54) is 21.7 Å². The summed E-state index contributed by atoms with van der Waals surface area (Å²) in [5.74, 6) is 2.32. The van der Waals surface area contributed by atoms with Crippen LogP contribution in [0.3, 0.4) is 0 Å². The van der Waals surface area contributed by atoms with Gasteiger partial charge in [-0.15, -0.1) is 0 Å². The molecule has 2 aromatic heterocycles. The van der Waals surface area contributed by atoms with Gasteiger partial charge in [-0.1, -0.05) is 159 Å². The van der Waals surface area contributed by atoms with Crippen LogP contribution >= 0.6 is 0 Å². The lowest BCUT2D eigenvalue weighted by Crippen LogP contribution is -2.27. The molecule has 260 valence electrons. The first-order valence-corrected chi connectivity index (χ1v) is 18.3. The summed E-state index contributed by atoms with van der Waals surface area (Å²) in [5, 5.41) is 2.37. The molecule has 2 radical (unpaired) electrons. The van der Waals surface area contributed by atoms with Crippen LogP contribution in [0.15, 0.2) is 163 Å². The maximum absolute atomic E-state index is 6.45. The monoisotopic (exact) mass is 706 g/mol. The molecule has 0 amide bonds. The number of oxazole rings is 1. The predicted molar refractivity (Wildman–Crippen MR) is 233 cm³/mol. The molecule has 0 aliphatic rings. The van der Waals surface area contributed by atoms with E-state index < -0.39 is 0 Å². The zero-order valence-electron chi connectivity index (χ0n) is 30.8. The highest BCUT2D eigenvalue weighted by Gasteiger charge is 2.18. The van der Waals surface area contributed by atoms with E-state index in [-0.39, 0.29) is 0 Å². The maximum Gasteiger partial charge on any atom is 0.227 e. The normalized spacial score (nSPS) is 11.5. The van der Waals surface area contributed by atoms with Crippen LogP contribution in [-0.4, -0.2) is 34.5 Å². The quantitative estimate of drug-likeness (QED) is 0.0990. The summed E-state index contributed by atoms with van der Waals surface area (Å²) >= 11 is 0. The number of aromatic nitrogens is 4. The second-order valence-corrected chi connectivity index (χ2v) is 13.0. The molecule has 0 fully saturated rings. The molecule has 8 rings (SSSR count). The smallest absolute Gasteiger partial charge is 0.227 e. The third-order valence-corrected chi connectivity index (χ3v) is 9.63. The fourth-order valence-electron chi connectivity index (χ4n) is 7.03. The lowest BCUT2D eigenvalue weighted by atomic mass is 9.61. The summed E-state index contributed by atoms with van der Waals surface area (Å²) in [5.41, 5.74) is 11.7. The van der Waals surface area contributed by atoms with Gasteiger partial charge in [-0.05, 0) is 69.4 Å². The van der Waals surface area contributed by atoms with Crippen LogP contribution in [0.1, 0.15) is 11.1 Å². The van der Waals surface area contributed by atoms with Gasteiger partial charge in [-0.3, -0.25) is 0 Å². The molecule has 0 aliphatic carbocycles. The minimum Gasteiger partial charge on any atom is -0.436 e. The molecule has 2 heterocycles. The lowest BCUT2D eigenvalue weighted by Gasteiger charge is -2.19. The Kier molecular flexibility index (Phi) is 10.0.